The van der Waals surface area contributed by atoms with Gasteiger partial charge in [-0.3, -0.25) is 0 Å². The molecule has 1 saturated heterocycles. The van der Waals surface area contributed by atoms with Gasteiger partial charge >= 0.3 is 12.1 Å². The Labute approximate surface area is 124 Å². The summed E-state index contributed by atoms with van der Waals surface area (Å²) < 4.78 is 10.1. The quantitative estimate of drug-likeness (QED) is 0.631. The van der Waals surface area contributed by atoms with Crippen LogP contribution in [0.4, 0.5) is 4.79 Å². The van der Waals surface area contributed by atoms with Crippen LogP contribution in [-0.4, -0.2) is 36.7 Å². The molecule has 5 nitrogen and oxygen atoms in total. The van der Waals surface area contributed by atoms with Gasteiger partial charge in [0.05, 0.1) is 6.61 Å². The van der Waals surface area contributed by atoms with Crippen LogP contribution >= 0.6 is 0 Å². The van der Waals surface area contributed by atoms with Crippen LogP contribution in [0.25, 0.3) is 0 Å². The summed E-state index contributed by atoms with van der Waals surface area (Å²) in [5.74, 6) is -0.355. The molecule has 1 fully saturated rings. The van der Waals surface area contributed by atoms with E-state index in [-0.39, 0.29) is 18.7 Å². The zero-order valence-electron chi connectivity index (χ0n) is 12.1. The van der Waals surface area contributed by atoms with Crippen LogP contribution in [0.3, 0.4) is 0 Å². The first-order chi connectivity index (χ1) is 10.2. The standard InChI is InChI=1S/C16H19NO4/c1-2-20-15(18)10-14-8-9-17(11-14)16(19)21-12-13-6-4-3-5-7-13/h3-7,10H,2,8-9,11-12H2,1H3/b14-10-. The van der Waals surface area contributed by atoms with Crippen molar-refractivity contribution < 1.29 is 19.1 Å². The number of carbonyl (C=O) groups is 2. The molecule has 1 aliphatic heterocycles. The van der Waals surface area contributed by atoms with Crippen LogP contribution in [0.2, 0.25) is 0 Å². The summed E-state index contributed by atoms with van der Waals surface area (Å²) in [7, 11) is 0. The Balaban J connectivity index is 1.81. The Bertz CT molecular complexity index is 524. The maximum atomic E-state index is 11.9. The van der Waals surface area contributed by atoms with Crippen molar-refractivity contribution >= 4 is 12.1 Å². The van der Waals surface area contributed by atoms with Crippen molar-refractivity contribution in [1.82, 2.24) is 4.90 Å². The molecule has 0 unspecified atom stereocenters. The highest BCUT2D eigenvalue weighted by Crippen LogP contribution is 2.16. The highest BCUT2D eigenvalue weighted by atomic mass is 16.6. The van der Waals surface area contributed by atoms with Gasteiger partial charge < -0.3 is 14.4 Å². The molecule has 0 atom stereocenters. The number of esters is 1. The van der Waals surface area contributed by atoms with E-state index in [1.54, 1.807) is 11.8 Å². The lowest BCUT2D eigenvalue weighted by Gasteiger charge is -2.14. The highest BCUT2D eigenvalue weighted by Gasteiger charge is 2.23. The molecule has 5 heteroatoms. The molecule has 1 aliphatic rings. The summed E-state index contributed by atoms with van der Waals surface area (Å²) in [5.41, 5.74) is 1.84. The molecule has 2 rings (SSSR count). The second-order valence-corrected chi connectivity index (χ2v) is 4.77. The maximum absolute atomic E-state index is 11.9. The molecule has 0 bridgehead atoms. The van der Waals surface area contributed by atoms with Gasteiger partial charge in [-0.2, -0.15) is 0 Å². The van der Waals surface area contributed by atoms with Crippen LogP contribution in [0, 0.1) is 0 Å². The molecular formula is C16H19NO4. The van der Waals surface area contributed by atoms with E-state index in [0.29, 0.717) is 26.1 Å². The first kappa shape index (κ1) is 15.1. The van der Waals surface area contributed by atoms with Crippen molar-refractivity contribution in [3.05, 3.63) is 47.5 Å². The van der Waals surface area contributed by atoms with Crippen LogP contribution in [0.15, 0.2) is 42.0 Å². The summed E-state index contributed by atoms with van der Waals surface area (Å²) in [5, 5.41) is 0. The average Bonchev–Trinajstić information content (AvgIpc) is 2.94. The molecule has 0 aromatic heterocycles. The number of nitrogens with zero attached hydrogens (tertiary/aromatic N) is 1. The van der Waals surface area contributed by atoms with Crippen molar-refractivity contribution in [2.45, 2.75) is 20.0 Å². The Morgan fingerprint density at radius 2 is 2.00 bits per heavy atom. The second kappa shape index (κ2) is 7.47. The first-order valence-corrected chi connectivity index (χ1v) is 7.01. The lowest BCUT2D eigenvalue weighted by molar-refractivity contribution is -0.137. The molecule has 1 amide bonds. The SMILES string of the molecule is CCOC(=O)/C=C1/CCN(C(=O)OCc2ccccc2)C1. The van der Waals surface area contributed by atoms with E-state index in [4.69, 9.17) is 9.47 Å². The molecule has 0 spiro atoms. The summed E-state index contributed by atoms with van der Waals surface area (Å²) in [6.45, 7) is 3.36. The van der Waals surface area contributed by atoms with Gasteiger partial charge in [-0.1, -0.05) is 30.3 Å². The number of ether oxygens (including phenoxy) is 2. The lowest BCUT2D eigenvalue weighted by atomic mass is 10.2. The third kappa shape index (κ3) is 4.63. The van der Waals surface area contributed by atoms with E-state index in [0.717, 1.165) is 11.1 Å². The van der Waals surface area contributed by atoms with E-state index in [1.165, 1.54) is 6.08 Å². The van der Waals surface area contributed by atoms with Crippen LogP contribution in [0.5, 0.6) is 0 Å². The first-order valence-electron chi connectivity index (χ1n) is 7.01. The van der Waals surface area contributed by atoms with Gasteiger partial charge in [-0.05, 0) is 24.5 Å². The molecule has 1 heterocycles. The van der Waals surface area contributed by atoms with Crippen LogP contribution in [-0.2, 0) is 20.9 Å². The van der Waals surface area contributed by atoms with Gasteiger partial charge in [0, 0.05) is 19.2 Å². The number of rotatable bonds is 4. The number of hydrogen-bond acceptors (Lipinski definition) is 4. The van der Waals surface area contributed by atoms with Gasteiger partial charge in [0.2, 0.25) is 0 Å². The molecule has 112 valence electrons. The predicted octanol–water partition coefficient (Wildman–Crippen LogP) is 2.52. The molecule has 0 radical (unpaired) electrons. The largest absolute Gasteiger partial charge is 0.463 e. The number of amides is 1. The number of likely N-dealkylation sites (tertiary alicyclic amines) is 1. The average molecular weight is 289 g/mol. The fourth-order valence-corrected chi connectivity index (χ4v) is 2.12. The third-order valence-corrected chi connectivity index (χ3v) is 3.17. The third-order valence-electron chi connectivity index (χ3n) is 3.17. The summed E-state index contributed by atoms with van der Waals surface area (Å²) in [4.78, 5) is 24.9. The zero-order valence-corrected chi connectivity index (χ0v) is 12.1. The summed E-state index contributed by atoms with van der Waals surface area (Å²) in [6, 6.07) is 9.53. The molecule has 0 N–H and O–H groups in total. The van der Waals surface area contributed by atoms with E-state index in [1.807, 2.05) is 30.3 Å². The van der Waals surface area contributed by atoms with Gasteiger partial charge in [-0.15, -0.1) is 0 Å². The van der Waals surface area contributed by atoms with Crippen LogP contribution < -0.4 is 0 Å². The molecule has 0 aliphatic carbocycles. The van der Waals surface area contributed by atoms with Crippen molar-refractivity contribution in [3.8, 4) is 0 Å². The zero-order chi connectivity index (χ0) is 15.1. The second-order valence-electron chi connectivity index (χ2n) is 4.77. The fraction of sp³-hybridized carbons (Fsp3) is 0.375. The van der Waals surface area contributed by atoms with Gasteiger partial charge in [0.25, 0.3) is 0 Å². The highest BCUT2D eigenvalue weighted by molar-refractivity contribution is 5.83. The smallest absolute Gasteiger partial charge is 0.410 e. The Kier molecular flexibility index (Phi) is 5.37. The van der Waals surface area contributed by atoms with Crippen molar-refractivity contribution in [2.24, 2.45) is 0 Å². The predicted molar refractivity (Wildman–Crippen MR) is 77.5 cm³/mol. The van der Waals surface area contributed by atoms with E-state index in [9.17, 15) is 9.59 Å². The Morgan fingerprint density at radius 1 is 1.24 bits per heavy atom. The minimum absolute atomic E-state index is 0.257. The number of hydrogen-bond donors (Lipinski definition) is 0. The monoisotopic (exact) mass is 289 g/mol. The van der Waals surface area contributed by atoms with E-state index >= 15 is 0 Å². The minimum Gasteiger partial charge on any atom is -0.463 e. The fourth-order valence-electron chi connectivity index (χ4n) is 2.12. The van der Waals surface area contributed by atoms with Crippen molar-refractivity contribution in [2.75, 3.05) is 19.7 Å². The van der Waals surface area contributed by atoms with Crippen molar-refractivity contribution in [3.63, 3.8) is 0 Å². The number of benzene rings is 1. The summed E-state index contributed by atoms with van der Waals surface area (Å²) in [6.07, 6.45) is 1.79. The summed E-state index contributed by atoms with van der Waals surface area (Å²) >= 11 is 0. The Hall–Kier alpha value is -2.30. The minimum atomic E-state index is -0.355. The number of carbonyl (C=O) groups excluding carboxylic acids is 2. The Morgan fingerprint density at radius 3 is 2.71 bits per heavy atom. The van der Waals surface area contributed by atoms with E-state index in [2.05, 4.69) is 0 Å². The normalized spacial score (nSPS) is 16.0. The maximum Gasteiger partial charge on any atom is 0.410 e. The lowest BCUT2D eigenvalue weighted by Crippen LogP contribution is -2.28. The molecule has 1 aromatic rings. The topological polar surface area (TPSA) is 55.8 Å². The van der Waals surface area contributed by atoms with Gasteiger partial charge in [0.15, 0.2) is 0 Å². The molecule has 1 aromatic carbocycles. The van der Waals surface area contributed by atoms with Gasteiger partial charge in [0.1, 0.15) is 6.61 Å². The molecule has 21 heavy (non-hydrogen) atoms. The molecular weight excluding hydrogens is 270 g/mol. The molecule has 0 saturated carbocycles. The van der Waals surface area contributed by atoms with Crippen LogP contribution in [0.1, 0.15) is 18.9 Å². The van der Waals surface area contributed by atoms with Gasteiger partial charge in [-0.25, -0.2) is 9.59 Å². The van der Waals surface area contributed by atoms with Crippen molar-refractivity contribution in [1.29, 1.82) is 0 Å². The van der Waals surface area contributed by atoms with E-state index < -0.39 is 0 Å².